The van der Waals surface area contributed by atoms with Crippen molar-refractivity contribution < 1.29 is 0 Å². The molecule has 0 aromatic rings. The van der Waals surface area contributed by atoms with Crippen LogP contribution in [0.15, 0.2) is 0 Å². The van der Waals surface area contributed by atoms with Gasteiger partial charge in [-0.2, -0.15) is 0 Å². The second kappa shape index (κ2) is 5.13. The maximum absolute atomic E-state index is 3.78. The SMILES string of the molecule is CCC1CCC(N2CC(C3CC3)NCC2C)C1C. The Hall–Kier alpha value is -0.0800. The molecule has 0 amide bonds. The van der Waals surface area contributed by atoms with Crippen LogP contribution in [0.1, 0.15) is 52.9 Å². The van der Waals surface area contributed by atoms with E-state index in [0.717, 1.165) is 35.9 Å². The van der Waals surface area contributed by atoms with Crippen LogP contribution in [0, 0.1) is 17.8 Å². The maximum atomic E-state index is 3.78. The van der Waals surface area contributed by atoms with Crippen molar-refractivity contribution in [2.24, 2.45) is 17.8 Å². The van der Waals surface area contributed by atoms with Gasteiger partial charge in [0.1, 0.15) is 0 Å². The van der Waals surface area contributed by atoms with Gasteiger partial charge in [-0.1, -0.05) is 20.3 Å². The highest BCUT2D eigenvalue weighted by Gasteiger charge is 2.42. The molecule has 2 saturated carbocycles. The lowest BCUT2D eigenvalue weighted by atomic mass is 9.91. The van der Waals surface area contributed by atoms with E-state index in [1.165, 1.54) is 45.2 Å². The summed E-state index contributed by atoms with van der Waals surface area (Å²) < 4.78 is 0. The molecular formula is C16H30N2. The number of hydrogen-bond donors (Lipinski definition) is 1. The van der Waals surface area contributed by atoms with Crippen LogP contribution in [0.2, 0.25) is 0 Å². The van der Waals surface area contributed by atoms with E-state index in [-0.39, 0.29) is 0 Å². The van der Waals surface area contributed by atoms with E-state index in [2.05, 4.69) is 31.0 Å². The first-order valence-corrected chi connectivity index (χ1v) is 8.19. The van der Waals surface area contributed by atoms with Crippen molar-refractivity contribution in [2.45, 2.75) is 71.0 Å². The van der Waals surface area contributed by atoms with Gasteiger partial charge in [0.25, 0.3) is 0 Å². The van der Waals surface area contributed by atoms with Gasteiger partial charge < -0.3 is 5.32 Å². The lowest BCUT2D eigenvalue weighted by Gasteiger charge is -2.44. The van der Waals surface area contributed by atoms with Gasteiger partial charge >= 0.3 is 0 Å². The summed E-state index contributed by atoms with van der Waals surface area (Å²) in [6.07, 6.45) is 7.23. The Morgan fingerprint density at radius 2 is 1.89 bits per heavy atom. The number of hydrogen-bond acceptors (Lipinski definition) is 2. The Balaban J connectivity index is 1.65. The topological polar surface area (TPSA) is 15.3 Å². The molecule has 0 aromatic carbocycles. The summed E-state index contributed by atoms with van der Waals surface area (Å²) in [7, 11) is 0. The Kier molecular flexibility index (Phi) is 3.68. The van der Waals surface area contributed by atoms with Crippen molar-refractivity contribution in [3.63, 3.8) is 0 Å². The molecule has 3 fully saturated rings. The minimum atomic E-state index is 0.739. The first-order chi connectivity index (χ1) is 8.70. The summed E-state index contributed by atoms with van der Waals surface area (Å²) >= 11 is 0. The van der Waals surface area contributed by atoms with Crippen LogP contribution in [0.3, 0.4) is 0 Å². The van der Waals surface area contributed by atoms with Crippen LogP contribution in [0.5, 0.6) is 0 Å². The van der Waals surface area contributed by atoms with Crippen molar-refractivity contribution in [3.05, 3.63) is 0 Å². The fourth-order valence-electron chi connectivity index (χ4n) is 4.46. The lowest BCUT2D eigenvalue weighted by Crippen LogP contribution is -2.59. The molecule has 0 spiro atoms. The number of piperazine rings is 1. The average molecular weight is 250 g/mol. The van der Waals surface area contributed by atoms with Gasteiger partial charge in [-0.3, -0.25) is 4.90 Å². The first-order valence-electron chi connectivity index (χ1n) is 8.19. The molecular weight excluding hydrogens is 220 g/mol. The Morgan fingerprint density at radius 1 is 1.11 bits per heavy atom. The molecule has 0 aromatic heterocycles. The molecule has 3 aliphatic rings. The Bertz CT molecular complexity index is 287. The second-order valence-corrected chi connectivity index (χ2v) is 7.07. The zero-order valence-electron chi connectivity index (χ0n) is 12.4. The second-order valence-electron chi connectivity index (χ2n) is 7.07. The van der Waals surface area contributed by atoms with E-state index in [4.69, 9.17) is 0 Å². The highest BCUT2D eigenvalue weighted by molar-refractivity contribution is 4.98. The minimum absolute atomic E-state index is 0.739. The van der Waals surface area contributed by atoms with E-state index >= 15 is 0 Å². The van der Waals surface area contributed by atoms with Crippen molar-refractivity contribution in [1.82, 2.24) is 10.2 Å². The van der Waals surface area contributed by atoms with E-state index in [1.807, 2.05) is 0 Å². The van der Waals surface area contributed by atoms with Gasteiger partial charge in [0.15, 0.2) is 0 Å². The van der Waals surface area contributed by atoms with Crippen LogP contribution in [-0.2, 0) is 0 Å². The third kappa shape index (κ3) is 2.34. The highest BCUT2D eigenvalue weighted by Crippen LogP contribution is 2.40. The van der Waals surface area contributed by atoms with Crippen LogP contribution in [0.25, 0.3) is 0 Å². The predicted octanol–water partition coefficient (Wildman–Crippen LogP) is 2.88. The van der Waals surface area contributed by atoms with Crippen molar-refractivity contribution in [1.29, 1.82) is 0 Å². The summed E-state index contributed by atoms with van der Waals surface area (Å²) in [5.74, 6) is 2.89. The Morgan fingerprint density at radius 3 is 2.50 bits per heavy atom. The standard InChI is InChI=1S/C16H30N2/c1-4-13-7-8-16(12(13)3)18-10-15(14-5-6-14)17-9-11(18)2/h11-17H,4-10H2,1-3H3. The molecule has 5 atom stereocenters. The monoisotopic (exact) mass is 250 g/mol. The van der Waals surface area contributed by atoms with Crippen molar-refractivity contribution in [3.8, 4) is 0 Å². The van der Waals surface area contributed by atoms with Crippen molar-refractivity contribution >= 4 is 0 Å². The number of rotatable bonds is 3. The van der Waals surface area contributed by atoms with Crippen LogP contribution < -0.4 is 5.32 Å². The first kappa shape index (κ1) is 12.9. The zero-order valence-corrected chi connectivity index (χ0v) is 12.4. The van der Waals surface area contributed by atoms with Gasteiger partial charge in [0, 0.05) is 31.2 Å². The summed E-state index contributed by atoms with van der Waals surface area (Å²) in [5.41, 5.74) is 0. The molecule has 104 valence electrons. The highest BCUT2D eigenvalue weighted by atomic mass is 15.3. The minimum Gasteiger partial charge on any atom is -0.311 e. The van der Waals surface area contributed by atoms with Gasteiger partial charge in [0.2, 0.25) is 0 Å². The molecule has 0 radical (unpaired) electrons. The summed E-state index contributed by atoms with van der Waals surface area (Å²) in [6.45, 7) is 9.82. The Labute approximate surface area is 113 Å². The van der Waals surface area contributed by atoms with Gasteiger partial charge in [-0.15, -0.1) is 0 Å². The van der Waals surface area contributed by atoms with Gasteiger partial charge in [-0.25, -0.2) is 0 Å². The van der Waals surface area contributed by atoms with Crippen LogP contribution >= 0.6 is 0 Å². The van der Waals surface area contributed by atoms with Crippen molar-refractivity contribution in [2.75, 3.05) is 13.1 Å². The average Bonchev–Trinajstić information content (AvgIpc) is 3.15. The summed E-state index contributed by atoms with van der Waals surface area (Å²) in [6, 6.07) is 2.41. The third-order valence-corrected chi connectivity index (χ3v) is 5.97. The molecule has 1 saturated heterocycles. The molecule has 5 unspecified atom stereocenters. The molecule has 0 bridgehead atoms. The normalized spacial score (nSPS) is 46.5. The third-order valence-electron chi connectivity index (χ3n) is 5.97. The molecule has 2 heteroatoms. The smallest absolute Gasteiger partial charge is 0.0224 e. The molecule has 18 heavy (non-hydrogen) atoms. The molecule has 3 rings (SSSR count). The number of nitrogens with zero attached hydrogens (tertiary/aromatic N) is 1. The number of nitrogens with one attached hydrogen (secondary N) is 1. The zero-order chi connectivity index (χ0) is 12.7. The summed E-state index contributed by atoms with van der Waals surface area (Å²) in [4.78, 5) is 2.86. The molecule has 1 N–H and O–H groups in total. The molecule has 2 aliphatic carbocycles. The lowest BCUT2D eigenvalue weighted by molar-refractivity contribution is 0.0633. The largest absolute Gasteiger partial charge is 0.311 e. The quantitative estimate of drug-likeness (QED) is 0.828. The van der Waals surface area contributed by atoms with E-state index < -0.39 is 0 Å². The van der Waals surface area contributed by atoms with E-state index in [0.29, 0.717) is 0 Å². The fraction of sp³-hybridized carbons (Fsp3) is 1.00. The van der Waals surface area contributed by atoms with Crippen LogP contribution in [-0.4, -0.2) is 36.1 Å². The predicted molar refractivity (Wildman–Crippen MR) is 76.6 cm³/mol. The van der Waals surface area contributed by atoms with E-state index in [9.17, 15) is 0 Å². The van der Waals surface area contributed by atoms with Gasteiger partial charge in [-0.05, 0) is 50.4 Å². The summed E-state index contributed by atoms with van der Waals surface area (Å²) in [5, 5.41) is 3.78. The molecule has 1 aliphatic heterocycles. The molecule has 1 heterocycles. The van der Waals surface area contributed by atoms with Gasteiger partial charge in [0.05, 0.1) is 0 Å². The van der Waals surface area contributed by atoms with Crippen LogP contribution in [0.4, 0.5) is 0 Å². The maximum Gasteiger partial charge on any atom is 0.0224 e. The molecule has 2 nitrogen and oxygen atoms in total. The fourth-order valence-corrected chi connectivity index (χ4v) is 4.46. The van der Waals surface area contributed by atoms with E-state index in [1.54, 1.807) is 0 Å².